The molecule has 0 saturated carbocycles. The van der Waals surface area contributed by atoms with Crippen LogP contribution in [0.2, 0.25) is 0 Å². The average Bonchev–Trinajstić information content (AvgIpc) is 3.39. The minimum absolute atomic E-state index is 0.122. The number of hydrogen-bond acceptors (Lipinski definition) is 4. The van der Waals surface area contributed by atoms with E-state index in [4.69, 9.17) is 0 Å². The Hall–Kier alpha value is -3.74. The van der Waals surface area contributed by atoms with Crippen LogP contribution < -0.4 is 5.32 Å². The fraction of sp³-hybridized carbons (Fsp3) is 0.250. The summed E-state index contributed by atoms with van der Waals surface area (Å²) in [7, 11) is 0. The lowest BCUT2D eigenvalue weighted by Gasteiger charge is -2.27. The van der Waals surface area contributed by atoms with Crippen molar-refractivity contribution in [2.45, 2.75) is 32.9 Å². The van der Waals surface area contributed by atoms with E-state index < -0.39 is 17.9 Å². The maximum Gasteiger partial charge on any atom is 0.262 e. The first kappa shape index (κ1) is 20.5. The van der Waals surface area contributed by atoms with Crippen molar-refractivity contribution in [1.82, 2.24) is 20.0 Å². The number of fused-ring (bicyclic) bond motifs is 1. The number of aromatic nitrogens is 2. The van der Waals surface area contributed by atoms with Crippen LogP contribution in [0.25, 0.3) is 5.69 Å². The van der Waals surface area contributed by atoms with Gasteiger partial charge in [-0.25, -0.2) is 4.68 Å². The van der Waals surface area contributed by atoms with Crippen LogP contribution in [0.3, 0.4) is 0 Å². The standard InChI is InChI=1S/C24H24N4O3/c1-16(2)14-21(28-23(30)18-9-4-5-10-19(18)24(28)31)22(29)25-15-17-8-3-6-11-20(17)27-13-7-12-26-27/h3-13,16,21H,14-15H2,1-2H3,(H,25,29). The summed E-state index contributed by atoms with van der Waals surface area (Å²) >= 11 is 0. The second-order valence-corrected chi connectivity index (χ2v) is 7.97. The lowest BCUT2D eigenvalue weighted by molar-refractivity contribution is -0.125. The monoisotopic (exact) mass is 416 g/mol. The first-order chi connectivity index (χ1) is 15.0. The minimum atomic E-state index is -0.871. The van der Waals surface area contributed by atoms with Crippen molar-refractivity contribution in [1.29, 1.82) is 0 Å². The Labute approximate surface area is 180 Å². The fourth-order valence-corrected chi connectivity index (χ4v) is 3.86. The van der Waals surface area contributed by atoms with Gasteiger partial charge in [0.25, 0.3) is 11.8 Å². The predicted octanol–water partition coefficient (Wildman–Crippen LogP) is 3.20. The van der Waals surface area contributed by atoms with Crippen LogP contribution >= 0.6 is 0 Å². The zero-order valence-corrected chi connectivity index (χ0v) is 17.5. The zero-order chi connectivity index (χ0) is 22.0. The summed E-state index contributed by atoms with van der Waals surface area (Å²) in [6.45, 7) is 4.18. The highest BCUT2D eigenvalue weighted by molar-refractivity contribution is 6.22. The lowest BCUT2D eigenvalue weighted by Crippen LogP contribution is -2.50. The minimum Gasteiger partial charge on any atom is -0.350 e. The highest BCUT2D eigenvalue weighted by Crippen LogP contribution is 2.27. The number of benzene rings is 2. The van der Waals surface area contributed by atoms with E-state index in [1.54, 1.807) is 35.1 Å². The van der Waals surface area contributed by atoms with E-state index in [0.29, 0.717) is 17.5 Å². The summed E-state index contributed by atoms with van der Waals surface area (Å²) < 4.78 is 1.73. The Kier molecular flexibility index (Phi) is 5.66. The fourth-order valence-electron chi connectivity index (χ4n) is 3.86. The molecule has 2 heterocycles. The SMILES string of the molecule is CC(C)CC(C(=O)NCc1ccccc1-n1cccn1)N1C(=O)c2ccccc2C1=O. The summed E-state index contributed by atoms with van der Waals surface area (Å²) in [5, 5.41) is 7.19. The van der Waals surface area contributed by atoms with Crippen LogP contribution in [-0.2, 0) is 11.3 Å². The van der Waals surface area contributed by atoms with E-state index in [2.05, 4.69) is 10.4 Å². The van der Waals surface area contributed by atoms with Gasteiger partial charge in [0.15, 0.2) is 0 Å². The molecule has 0 radical (unpaired) electrons. The van der Waals surface area contributed by atoms with Gasteiger partial charge < -0.3 is 5.32 Å². The molecule has 3 amide bonds. The van der Waals surface area contributed by atoms with Crippen molar-refractivity contribution in [3.63, 3.8) is 0 Å². The summed E-state index contributed by atoms with van der Waals surface area (Å²) in [4.78, 5) is 40.2. The van der Waals surface area contributed by atoms with Crippen molar-refractivity contribution in [3.8, 4) is 5.69 Å². The Morgan fingerprint density at radius 3 is 2.23 bits per heavy atom. The number of nitrogens with one attached hydrogen (secondary N) is 1. The molecule has 1 atom stereocenters. The molecule has 0 aliphatic carbocycles. The molecule has 31 heavy (non-hydrogen) atoms. The van der Waals surface area contributed by atoms with E-state index in [1.807, 2.05) is 50.4 Å². The smallest absolute Gasteiger partial charge is 0.262 e. The van der Waals surface area contributed by atoms with E-state index in [-0.39, 0.29) is 18.4 Å². The van der Waals surface area contributed by atoms with Gasteiger partial charge >= 0.3 is 0 Å². The lowest BCUT2D eigenvalue weighted by atomic mass is 10.0. The zero-order valence-electron chi connectivity index (χ0n) is 17.5. The highest BCUT2D eigenvalue weighted by atomic mass is 16.2. The average molecular weight is 416 g/mol. The topological polar surface area (TPSA) is 84.3 Å². The number of rotatable bonds is 7. The molecular formula is C24H24N4O3. The van der Waals surface area contributed by atoms with Crippen LogP contribution in [0.4, 0.5) is 0 Å². The summed E-state index contributed by atoms with van der Waals surface area (Å²) in [6, 6.07) is 15.3. The molecular weight excluding hydrogens is 392 g/mol. The quantitative estimate of drug-likeness (QED) is 0.600. The molecule has 0 fully saturated rings. The van der Waals surface area contributed by atoms with Gasteiger partial charge in [-0.05, 0) is 42.2 Å². The van der Waals surface area contributed by atoms with Crippen LogP contribution in [-0.4, -0.2) is 38.4 Å². The van der Waals surface area contributed by atoms with Gasteiger partial charge in [-0.15, -0.1) is 0 Å². The maximum atomic E-state index is 13.2. The summed E-state index contributed by atoms with van der Waals surface area (Å²) in [5.74, 6) is -1.06. The third-order valence-electron chi connectivity index (χ3n) is 5.33. The van der Waals surface area contributed by atoms with Gasteiger partial charge in [0.1, 0.15) is 6.04 Å². The second-order valence-electron chi connectivity index (χ2n) is 7.97. The molecule has 3 aromatic rings. The van der Waals surface area contributed by atoms with Crippen molar-refractivity contribution < 1.29 is 14.4 Å². The van der Waals surface area contributed by atoms with Crippen LogP contribution in [0.15, 0.2) is 67.0 Å². The van der Waals surface area contributed by atoms with Gasteiger partial charge in [0.05, 0.1) is 16.8 Å². The molecule has 4 rings (SSSR count). The number of imide groups is 1. The van der Waals surface area contributed by atoms with Crippen LogP contribution in [0.1, 0.15) is 46.5 Å². The third kappa shape index (κ3) is 3.99. The molecule has 7 nitrogen and oxygen atoms in total. The summed E-state index contributed by atoms with van der Waals surface area (Å²) in [6.07, 6.45) is 3.91. The van der Waals surface area contributed by atoms with Gasteiger partial charge in [0.2, 0.25) is 5.91 Å². The predicted molar refractivity (Wildman–Crippen MR) is 116 cm³/mol. The molecule has 0 bridgehead atoms. The van der Waals surface area contributed by atoms with Crippen molar-refractivity contribution in [2.24, 2.45) is 5.92 Å². The van der Waals surface area contributed by atoms with Gasteiger partial charge in [0, 0.05) is 18.9 Å². The maximum absolute atomic E-state index is 13.2. The van der Waals surface area contributed by atoms with Crippen LogP contribution in [0.5, 0.6) is 0 Å². The van der Waals surface area contributed by atoms with Gasteiger partial charge in [-0.3, -0.25) is 19.3 Å². The molecule has 158 valence electrons. The van der Waals surface area contributed by atoms with Gasteiger partial charge in [-0.2, -0.15) is 5.10 Å². The molecule has 1 aliphatic heterocycles. The number of carbonyl (C=O) groups excluding carboxylic acids is 3. The number of carbonyl (C=O) groups is 3. The molecule has 1 aromatic heterocycles. The van der Waals surface area contributed by atoms with Crippen molar-refractivity contribution in [2.75, 3.05) is 0 Å². The number of para-hydroxylation sites is 1. The number of amides is 3. The Morgan fingerprint density at radius 2 is 1.61 bits per heavy atom. The first-order valence-corrected chi connectivity index (χ1v) is 10.3. The summed E-state index contributed by atoms with van der Waals surface area (Å²) in [5.41, 5.74) is 2.43. The molecule has 1 N–H and O–H groups in total. The molecule has 0 saturated heterocycles. The molecule has 7 heteroatoms. The third-order valence-corrected chi connectivity index (χ3v) is 5.33. The highest BCUT2D eigenvalue weighted by Gasteiger charge is 2.42. The Balaban J connectivity index is 1.56. The second kappa shape index (κ2) is 8.55. The Bertz CT molecular complexity index is 1090. The van der Waals surface area contributed by atoms with E-state index >= 15 is 0 Å². The van der Waals surface area contributed by atoms with E-state index in [9.17, 15) is 14.4 Å². The number of hydrogen-bond donors (Lipinski definition) is 1. The number of nitrogens with zero attached hydrogens (tertiary/aromatic N) is 3. The first-order valence-electron chi connectivity index (χ1n) is 10.3. The molecule has 2 aromatic carbocycles. The largest absolute Gasteiger partial charge is 0.350 e. The van der Waals surface area contributed by atoms with Crippen LogP contribution in [0, 0.1) is 5.92 Å². The molecule has 1 aliphatic rings. The molecule has 1 unspecified atom stereocenters. The molecule has 0 spiro atoms. The van der Waals surface area contributed by atoms with Crippen molar-refractivity contribution in [3.05, 3.63) is 83.7 Å². The Morgan fingerprint density at radius 1 is 0.968 bits per heavy atom. The normalized spacial score (nSPS) is 14.1. The van der Waals surface area contributed by atoms with Gasteiger partial charge in [-0.1, -0.05) is 44.2 Å². The van der Waals surface area contributed by atoms with Crippen molar-refractivity contribution >= 4 is 17.7 Å². The van der Waals surface area contributed by atoms with E-state index in [0.717, 1.165) is 16.2 Å². The van der Waals surface area contributed by atoms with E-state index in [1.165, 1.54) is 0 Å².